The first-order chi connectivity index (χ1) is 11.0. The molecule has 0 bridgehead atoms. The van der Waals surface area contributed by atoms with E-state index in [0.29, 0.717) is 29.8 Å². The van der Waals surface area contributed by atoms with Crippen molar-refractivity contribution >= 4 is 27.4 Å². The first kappa shape index (κ1) is 16.6. The molecule has 0 aliphatic carbocycles. The van der Waals surface area contributed by atoms with E-state index in [-0.39, 0.29) is 18.3 Å². The Kier molecular flexibility index (Phi) is 4.83. The summed E-state index contributed by atoms with van der Waals surface area (Å²) in [4.78, 5) is 14.3. The van der Waals surface area contributed by atoms with Gasteiger partial charge >= 0.3 is 6.03 Å². The summed E-state index contributed by atoms with van der Waals surface area (Å²) in [6.07, 6.45) is 2.66. The van der Waals surface area contributed by atoms with Crippen LogP contribution in [0.15, 0.2) is 0 Å². The lowest BCUT2D eigenvalue weighted by Gasteiger charge is -2.42. The minimum Gasteiger partial charge on any atom is -0.374 e. The molecule has 2 fully saturated rings. The summed E-state index contributed by atoms with van der Waals surface area (Å²) >= 11 is 1.27. The first-order valence-electron chi connectivity index (χ1n) is 7.71. The van der Waals surface area contributed by atoms with Crippen LogP contribution in [-0.4, -0.2) is 58.8 Å². The smallest absolute Gasteiger partial charge is 0.334 e. The minimum atomic E-state index is -3.60. The van der Waals surface area contributed by atoms with E-state index in [2.05, 4.69) is 10.2 Å². The van der Waals surface area contributed by atoms with Gasteiger partial charge in [-0.3, -0.25) is 0 Å². The molecule has 2 saturated heterocycles. The first-order valence-corrected chi connectivity index (χ1v) is 10.1. The van der Waals surface area contributed by atoms with Crippen molar-refractivity contribution < 1.29 is 17.9 Å². The van der Waals surface area contributed by atoms with Crippen LogP contribution in [0.4, 0.5) is 4.79 Å². The normalized spacial score (nSPS) is 23.9. The molecule has 8 nitrogen and oxygen atoms in total. The molecule has 0 aromatic carbocycles. The van der Waals surface area contributed by atoms with Gasteiger partial charge in [0.05, 0.1) is 12.3 Å². The lowest BCUT2D eigenvalue weighted by molar-refractivity contribution is 0.131. The maximum Gasteiger partial charge on any atom is 0.334 e. The van der Waals surface area contributed by atoms with E-state index < -0.39 is 16.1 Å². The predicted molar refractivity (Wildman–Crippen MR) is 84.3 cm³/mol. The summed E-state index contributed by atoms with van der Waals surface area (Å²) in [5.74, 6) is 0.00332. The van der Waals surface area contributed by atoms with Gasteiger partial charge in [-0.2, -0.15) is 0 Å². The molecular formula is C13H20N4O4S2. The van der Waals surface area contributed by atoms with Crippen molar-refractivity contribution in [2.45, 2.75) is 45.4 Å². The van der Waals surface area contributed by atoms with Gasteiger partial charge in [-0.15, -0.1) is 10.2 Å². The number of nitrogens with zero attached hydrogens (tertiary/aromatic N) is 4. The number of aromatic nitrogens is 2. The van der Waals surface area contributed by atoms with Crippen LogP contribution in [-0.2, 0) is 27.9 Å². The fraction of sp³-hybridized carbons (Fsp3) is 0.769. The Morgan fingerprint density at radius 2 is 2.09 bits per heavy atom. The molecule has 0 N–H and O–H groups in total. The lowest BCUT2D eigenvalue weighted by atomic mass is 10.0. The van der Waals surface area contributed by atoms with E-state index in [9.17, 15) is 13.2 Å². The molecule has 1 aromatic heterocycles. The van der Waals surface area contributed by atoms with Gasteiger partial charge in [0.15, 0.2) is 0 Å². The van der Waals surface area contributed by atoms with Crippen LogP contribution in [0.2, 0.25) is 0 Å². The largest absolute Gasteiger partial charge is 0.374 e. The van der Waals surface area contributed by atoms with Gasteiger partial charge in [-0.25, -0.2) is 17.5 Å². The molecule has 2 aliphatic rings. The number of carbonyl (C=O) groups is 1. The van der Waals surface area contributed by atoms with E-state index in [4.69, 9.17) is 4.74 Å². The van der Waals surface area contributed by atoms with Crippen molar-refractivity contribution in [3.8, 4) is 0 Å². The number of hydrogen-bond acceptors (Lipinski definition) is 7. The highest BCUT2D eigenvalue weighted by Crippen LogP contribution is 2.28. The topological polar surface area (TPSA) is 92.7 Å². The van der Waals surface area contributed by atoms with Gasteiger partial charge in [-0.1, -0.05) is 11.3 Å². The molecular weight excluding hydrogens is 340 g/mol. The molecule has 128 valence electrons. The average Bonchev–Trinajstić information content (AvgIpc) is 2.96. The molecule has 1 atom stereocenters. The Morgan fingerprint density at radius 1 is 1.30 bits per heavy atom. The SMILES string of the molecule is CCOCc1nnc(CN2C(=O)N3CCCCC3CS2(=O)=O)s1. The Morgan fingerprint density at radius 3 is 2.87 bits per heavy atom. The zero-order valence-corrected chi connectivity index (χ0v) is 14.6. The number of fused-ring (bicyclic) bond motifs is 1. The van der Waals surface area contributed by atoms with E-state index in [0.717, 1.165) is 23.6 Å². The van der Waals surface area contributed by atoms with Crippen molar-refractivity contribution in [2.24, 2.45) is 0 Å². The predicted octanol–water partition coefficient (Wildman–Crippen LogP) is 1.19. The highest BCUT2D eigenvalue weighted by Gasteiger charge is 2.43. The number of hydrogen-bond donors (Lipinski definition) is 0. The molecule has 0 radical (unpaired) electrons. The van der Waals surface area contributed by atoms with Gasteiger partial charge in [0, 0.05) is 19.2 Å². The zero-order valence-electron chi connectivity index (χ0n) is 13.0. The van der Waals surface area contributed by atoms with Crippen LogP contribution in [0.1, 0.15) is 36.2 Å². The number of rotatable bonds is 5. The summed E-state index contributed by atoms with van der Waals surface area (Å²) < 4.78 is 31.1. The molecule has 10 heteroatoms. The summed E-state index contributed by atoms with van der Waals surface area (Å²) in [6, 6.07) is -0.608. The summed E-state index contributed by atoms with van der Waals surface area (Å²) in [5, 5.41) is 9.14. The maximum absolute atomic E-state index is 12.6. The molecule has 0 saturated carbocycles. The van der Waals surface area contributed by atoms with Gasteiger partial charge in [0.25, 0.3) is 0 Å². The highest BCUT2D eigenvalue weighted by atomic mass is 32.2. The van der Waals surface area contributed by atoms with Crippen molar-refractivity contribution in [1.82, 2.24) is 19.4 Å². The third-order valence-electron chi connectivity index (χ3n) is 4.04. The third kappa shape index (κ3) is 3.48. The molecule has 2 aliphatic heterocycles. The summed E-state index contributed by atoms with van der Waals surface area (Å²) in [5.41, 5.74) is 0. The average molecular weight is 360 g/mol. The quantitative estimate of drug-likeness (QED) is 0.783. The van der Waals surface area contributed by atoms with Gasteiger partial charge in [-0.05, 0) is 26.2 Å². The zero-order chi connectivity index (χ0) is 16.4. The van der Waals surface area contributed by atoms with Crippen LogP contribution in [0.5, 0.6) is 0 Å². The Hall–Kier alpha value is -1.26. The third-order valence-corrected chi connectivity index (χ3v) is 6.69. The summed E-state index contributed by atoms with van der Waals surface area (Å²) in [7, 11) is -3.60. The minimum absolute atomic E-state index is 0.00332. The van der Waals surface area contributed by atoms with Crippen LogP contribution in [0, 0.1) is 0 Å². The number of ether oxygens (including phenoxy) is 1. The monoisotopic (exact) mass is 360 g/mol. The van der Waals surface area contributed by atoms with Gasteiger partial charge in [0.1, 0.15) is 16.6 Å². The second kappa shape index (κ2) is 6.70. The fourth-order valence-corrected chi connectivity index (χ4v) is 5.44. The maximum atomic E-state index is 12.6. The van der Waals surface area contributed by atoms with E-state index in [1.807, 2.05) is 6.92 Å². The van der Waals surface area contributed by atoms with Crippen LogP contribution in [0.25, 0.3) is 0 Å². The Balaban J connectivity index is 1.75. The molecule has 1 aromatic rings. The van der Waals surface area contributed by atoms with E-state index in [1.54, 1.807) is 4.90 Å². The van der Waals surface area contributed by atoms with Crippen molar-refractivity contribution in [3.05, 3.63) is 10.0 Å². The number of sulfonamides is 1. The Bertz CT molecular complexity index is 675. The second-order valence-electron chi connectivity index (χ2n) is 5.64. The fourth-order valence-electron chi connectivity index (χ4n) is 2.91. The standard InChI is InChI=1S/C13H20N4O4S2/c1-2-21-8-12-15-14-11(22-12)7-17-13(18)16-6-4-3-5-10(16)9-23(17,19)20/h10H,2-9H2,1H3. The van der Waals surface area contributed by atoms with Gasteiger partial charge < -0.3 is 9.64 Å². The molecule has 3 rings (SSSR count). The van der Waals surface area contributed by atoms with Crippen molar-refractivity contribution in [3.63, 3.8) is 0 Å². The van der Waals surface area contributed by atoms with Crippen molar-refractivity contribution in [1.29, 1.82) is 0 Å². The van der Waals surface area contributed by atoms with E-state index >= 15 is 0 Å². The molecule has 3 heterocycles. The number of amides is 2. The van der Waals surface area contributed by atoms with Crippen LogP contribution in [0.3, 0.4) is 0 Å². The highest BCUT2D eigenvalue weighted by molar-refractivity contribution is 7.89. The molecule has 1 unspecified atom stereocenters. The molecule has 23 heavy (non-hydrogen) atoms. The van der Waals surface area contributed by atoms with Crippen molar-refractivity contribution in [2.75, 3.05) is 18.9 Å². The Labute approximate surface area is 139 Å². The van der Waals surface area contributed by atoms with Crippen LogP contribution >= 0.6 is 11.3 Å². The number of piperidine rings is 1. The van der Waals surface area contributed by atoms with Crippen LogP contribution < -0.4 is 0 Å². The summed E-state index contributed by atoms with van der Waals surface area (Å²) in [6.45, 7) is 3.39. The molecule has 2 amide bonds. The van der Waals surface area contributed by atoms with E-state index in [1.165, 1.54) is 11.3 Å². The van der Waals surface area contributed by atoms with Gasteiger partial charge in [0.2, 0.25) is 10.0 Å². The molecule has 0 spiro atoms. The second-order valence-corrected chi connectivity index (χ2v) is 8.72. The number of urea groups is 1. The lowest BCUT2D eigenvalue weighted by Crippen LogP contribution is -2.60. The number of carbonyl (C=O) groups excluding carboxylic acids is 1.